The van der Waals surface area contributed by atoms with Crippen LogP contribution in [0, 0.1) is 0 Å². The normalized spacial score (nSPS) is 12.7. The average Bonchev–Trinajstić information content (AvgIpc) is 3.55. The number of rotatable bonds is 6. The van der Waals surface area contributed by atoms with E-state index in [1.54, 1.807) is 19.2 Å². The number of nitrogens with one attached hydrogen (secondary N) is 1. The van der Waals surface area contributed by atoms with E-state index in [4.69, 9.17) is 4.74 Å². The smallest absolute Gasteiger partial charge is 0.267 e. The SMILES string of the molecule is COc1cccc(-n2c(=O)c3ccccc3n3c(SCC(=O)Nc4ccc5c(c4)CCC5)nnc23)c1. The third-order valence-corrected chi connectivity index (χ3v) is 7.35. The monoisotopic (exact) mass is 497 g/mol. The quantitative estimate of drug-likeness (QED) is 0.353. The van der Waals surface area contributed by atoms with Crippen LogP contribution >= 0.6 is 11.8 Å². The van der Waals surface area contributed by atoms with Crippen molar-refractivity contribution in [3.8, 4) is 11.4 Å². The Morgan fingerprint density at radius 3 is 2.78 bits per heavy atom. The molecular formula is C27H23N5O3S. The van der Waals surface area contributed by atoms with Crippen molar-refractivity contribution >= 4 is 40.0 Å². The highest BCUT2D eigenvalue weighted by Gasteiger charge is 2.19. The van der Waals surface area contributed by atoms with Crippen LogP contribution in [0.15, 0.2) is 76.7 Å². The fourth-order valence-electron chi connectivity index (χ4n) is 4.73. The van der Waals surface area contributed by atoms with E-state index >= 15 is 0 Å². The maximum absolute atomic E-state index is 13.5. The predicted octanol–water partition coefficient (Wildman–Crippen LogP) is 4.26. The number of ether oxygens (including phenoxy) is 1. The maximum Gasteiger partial charge on any atom is 0.267 e. The van der Waals surface area contributed by atoms with Crippen LogP contribution in [0.25, 0.3) is 22.4 Å². The van der Waals surface area contributed by atoms with Crippen molar-refractivity contribution in [1.29, 1.82) is 0 Å². The molecule has 0 radical (unpaired) electrons. The Labute approximate surface area is 210 Å². The number of carbonyl (C=O) groups excluding carboxylic acids is 1. The molecular weight excluding hydrogens is 474 g/mol. The summed E-state index contributed by atoms with van der Waals surface area (Å²) < 4.78 is 8.70. The first-order valence-corrected chi connectivity index (χ1v) is 12.7. The molecule has 0 bridgehead atoms. The molecule has 1 N–H and O–H groups in total. The molecule has 0 unspecified atom stereocenters. The van der Waals surface area contributed by atoms with Crippen molar-refractivity contribution in [2.75, 3.05) is 18.2 Å². The minimum atomic E-state index is -0.204. The van der Waals surface area contributed by atoms with Gasteiger partial charge in [0, 0.05) is 11.8 Å². The van der Waals surface area contributed by atoms with Crippen molar-refractivity contribution in [2.45, 2.75) is 24.4 Å². The summed E-state index contributed by atoms with van der Waals surface area (Å²) in [6, 6.07) is 20.7. The number of aryl methyl sites for hydroxylation is 2. The number of carbonyl (C=O) groups is 1. The molecule has 0 saturated heterocycles. The zero-order valence-electron chi connectivity index (χ0n) is 19.6. The van der Waals surface area contributed by atoms with E-state index in [1.165, 1.54) is 27.5 Å². The van der Waals surface area contributed by atoms with Crippen LogP contribution in [0.1, 0.15) is 17.5 Å². The van der Waals surface area contributed by atoms with Gasteiger partial charge in [-0.2, -0.15) is 0 Å². The first kappa shape index (κ1) is 22.4. The van der Waals surface area contributed by atoms with E-state index in [-0.39, 0.29) is 17.2 Å². The Morgan fingerprint density at radius 1 is 1.03 bits per heavy atom. The molecule has 2 aromatic heterocycles. The van der Waals surface area contributed by atoms with Gasteiger partial charge >= 0.3 is 0 Å². The number of nitrogens with zero attached hydrogens (tertiary/aromatic N) is 4. The van der Waals surface area contributed by atoms with E-state index in [2.05, 4.69) is 27.6 Å². The second-order valence-electron chi connectivity index (χ2n) is 8.65. The zero-order chi connectivity index (χ0) is 24.6. The Bertz CT molecular complexity index is 1690. The number of amides is 1. The van der Waals surface area contributed by atoms with E-state index in [1.807, 2.05) is 46.9 Å². The van der Waals surface area contributed by atoms with Gasteiger partial charge in [0.05, 0.1) is 29.5 Å². The highest BCUT2D eigenvalue weighted by molar-refractivity contribution is 7.99. The first-order valence-electron chi connectivity index (χ1n) is 11.7. The predicted molar refractivity (Wildman–Crippen MR) is 140 cm³/mol. The molecule has 3 aromatic carbocycles. The minimum Gasteiger partial charge on any atom is -0.497 e. The Kier molecular flexibility index (Phi) is 5.69. The third kappa shape index (κ3) is 3.91. The molecule has 5 aromatic rings. The molecule has 180 valence electrons. The van der Waals surface area contributed by atoms with Crippen LogP contribution in [0.3, 0.4) is 0 Å². The van der Waals surface area contributed by atoms with Gasteiger partial charge < -0.3 is 10.1 Å². The van der Waals surface area contributed by atoms with E-state index < -0.39 is 0 Å². The van der Waals surface area contributed by atoms with Gasteiger partial charge in [0.2, 0.25) is 11.7 Å². The summed E-state index contributed by atoms with van der Waals surface area (Å²) in [6.45, 7) is 0. The number of thioether (sulfide) groups is 1. The highest BCUT2D eigenvalue weighted by atomic mass is 32.2. The Hall–Kier alpha value is -4.11. The van der Waals surface area contributed by atoms with Gasteiger partial charge in [0.25, 0.3) is 5.56 Å². The summed E-state index contributed by atoms with van der Waals surface area (Å²) >= 11 is 1.28. The van der Waals surface area contributed by atoms with Crippen molar-refractivity contribution in [3.63, 3.8) is 0 Å². The van der Waals surface area contributed by atoms with Crippen LogP contribution in [0.2, 0.25) is 0 Å². The third-order valence-electron chi connectivity index (χ3n) is 6.42. The van der Waals surface area contributed by atoms with Gasteiger partial charge in [0.15, 0.2) is 5.16 Å². The van der Waals surface area contributed by atoms with Crippen LogP contribution < -0.4 is 15.6 Å². The molecule has 36 heavy (non-hydrogen) atoms. The summed E-state index contributed by atoms with van der Waals surface area (Å²) in [4.78, 5) is 26.2. The molecule has 0 aliphatic heterocycles. The van der Waals surface area contributed by atoms with E-state index in [0.29, 0.717) is 33.3 Å². The van der Waals surface area contributed by atoms with Crippen molar-refractivity contribution in [1.82, 2.24) is 19.2 Å². The lowest BCUT2D eigenvalue weighted by atomic mass is 10.1. The molecule has 9 heteroatoms. The second-order valence-corrected chi connectivity index (χ2v) is 9.59. The first-order chi connectivity index (χ1) is 17.6. The van der Waals surface area contributed by atoms with Crippen LogP contribution in [-0.2, 0) is 17.6 Å². The lowest BCUT2D eigenvalue weighted by Gasteiger charge is -2.12. The topological polar surface area (TPSA) is 90.5 Å². The number of fused-ring (bicyclic) bond motifs is 4. The molecule has 2 heterocycles. The molecule has 0 fully saturated rings. The summed E-state index contributed by atoms with van der Waals surface area (Å²) in [5.74, 6) is 1.03. The summed E-state index contributed by atoms with van der Waals surface area (Å²) in [5, 5.41) is 12.7. The fourth-order valence-corrected chi connectivity index (χ4v) is 5.47. The minimum absolute atomic E-state index is 0.125. The number of para-hydroxylation sites is 1. The molecule has 0 atom stereocenters. The fraction of sp³-hybridized carbons (Fsp3) is 0.185. The van der Waals surface area contributed by atoms with Crippen molar-refractivity contribution < 1.29 is 9.53 Å². The Balaban J connectivity index is 1.35. The van der Waals surface area contributed by atoms with Gasteiger partial charge in [-0.05, 0) is 66.8 Å². The molecule has 1 amide bonds. The van der Waals surface area contributed by atoms with Gasteiger partial charge in [-0.25, -0.2) is 4.57 Å². The van der Waals surface area contributed by atoms with Gasteiger partial charge in [0.1, 0.15) is 5.75 Å². The summed E-state index contributed by atoms with van der Waals surface area (Å²) in [7, 11) is 1.58. The highest BCUT2D eigenvalue weighted by Crippen LogP contribution is 2.26. The number of aromatic nitrogens is 4. The number of hydrogen-bond acceptors (Lipinski definition) is 6. The Morgan fingerprint density at radius 2 is 1.89 bits per heavy atom. The maximum atomic E-state index is 13.5. The second kappa shape index (κ2) is 9.16. The van der Waals surface area contributed by atoms with Gasteiger partial charge in [-0.15, -0.1) is 10.2 Å². The average molecular weight is 498 g/mol. The number of anilines is 1. The van der Waals surface area contributed by atoms with Gasteiger partial charge in [-0.3, -0.25) is 14.0 Å². The largest absolute Gasteiger partial charge is 0.497 e. The lowest BCUT2D eigenvalue weighted by molar-refractivity contribution is -0.113. The molecule has 1 aliphatic carbocycles. The number of benzene rings is 3. The van der Waals surface area contributed by atoms with Crippen molar-refractivity contribution in [3.05, 3.63) is 88.2 Å². The molecule has 8 nitrogen and oxygen atoms in total. The van der Waals surface area contributed by atoms with Crippen LogP contribution in [0.5, 0.6) is 5.75 Å². The van der Waals surface area contributed by atoms with Crippen molar-refractivity contribution in [2.24, 2.45) is 0 Å². The number of hydrogen-bond donors (Lipinski definition) is 1. The molecule has 6 rings (SSSR count). The van der Waals surface area contributed by atoms with Gasteiger partial charge in [-0.1, -0.05) is 36.0 Å². The lowest BCUT2D eigenvalue weighted by Crippen LogP contribution is -2.22. The molecule has 0 spiro atoms. The van der Waals surface area contributed by atoms with E-state index in [0.717, 1.165) is 24.9 Å². The standard InChI is InChI=1S/C27H23N5O3S/c1-35-21-9-5-8-20(15-21)31-25(34)22-10-2-3-11-23(22)32-26(31)29-30-27(32)36-16-24(33)28-19-13-12-17-6-4-7-18(17)14-19/h2-3,5,8-15H,4,6-7,16H2,1H3,(H,28,33). The molecule has 1 aliphatic rings. The van der Waals surface area contributed by atoms with E-state index in [9.17, 15) is 9.59 Å². The zero-order valence-corrected chi connectivity index (χ0v) is 20.4. The van der Waals surface area contributed by atoms with Crippen LogP contribution in [0.4, 0.5) is 5.69 Å². The summed E-state index contributed by atoms with van der Waals surface area (Å²) in [6.07, 6.45) is 3.33. The number of methoxy groups -OCH3 is 1. The summed E-state index contributed by atoms with van der Waals surface area (Å²) in [5.41, 5.74) is 4.59. The molecule has 0 saturated carbocycles. The van der Waals surface area contributed by atoms with Crippen LogP contribution in [-0.4, -0.2) is 37.9 Å².